The van der Waals surface area contributed by atoms with Gasteiger partial charge in [-0.05, 0) is 48.5 Å². The number of benzene rings is 2. The van der Waals surface area contributed by atoms with Crippen LogP contribution in [-0.4, -0.2) is 31.1 Å². The predicted molar refractivity (Wildman–Crippen MR) is 88.4 cm³/mol. The lowest BCUT2D eigenvalue weighted by atomic mass is 10.0. The molecule has 0 amide bonds. The second kappa shape index (κ2) is 8.75. The van der Waals surface area contributed by atoms with Crippen LogP contribution in [0, 0.1) is 11.6 Å². The van der Waals surface area contributed by atoms with E-state index < -0.39 is 0 Å². The Hall–Kier alpha value is -1.78. The molecular weight excluding hydrogens is 296 g/mol. The quantitative estimate of drug-likeness (QED) is 0.714. The number of nitrogens with zero attached hydrogens (tertiary/aromatic N) is 1. The Bertz CT molecular complexity index is 534. The van der Waals surface area contributed by atoms with Gasteiger partial charge in [0.2, 0.25) is 0 Å². The number of halogens is 2. The van der Waals surface area contributed by atoms with Crippen molar-refractivity contribution < 1.29 is 13.5 Å². The van der Waals surface area contributed by atoms with Gasteiger partial charge in [0.1, 0.15) is 17.7 Å². The Kier molecular flexibility index (Phi) is 6.68. The van der Waals surface area contributed by atoms with E-state index in [-0.39, 0.29) is 17.7 Å². The standard InChI is InChI=1S/C19H23F2NO/c1-3-22(4-2)13-14-23-19(15-5-9-17(20)10-6-15)16-7-11-18(21)12-8-16/h5-12,19H,3-4,13-14H2,1-2H3. The van der Waals surface area contributed by atoms with E-state index >= 15 is 0 Å². The molecule has 0 fully saturated rings. The minimum Gasteiger partial charge on any atom is -0.367 e. The first-order valence-electron chi connectivity index (χ1n) is 7.99. The maximum Gasteiger partial charge on any atom is 0.123 e. The molecule has 0 unspecified atom stereocenters. The van der Waals surface area contributed by atoms with Gasteiger partial charge in [0.15, 0.2) is 0 Å². The first-order chi connectivity index (χ1) is 11.1. The summed E-state index contributed by atoms with van der Waals surface area (Å²) >= 11 is 0. The fourth-order valence-corrected chi connectivity index (χ4v) is 2.50. The second-order valence-electron chi connectivity index (χ2n) is 5.38. The Morgan fingerprint density at radius 2 is 1.26 bits per heavy atom. The Morgan fingerprint density at radius 3 is 1.65 bits per heavy atom. The normalized spacial score (nSPS) is 11.4. The van der Waals surface area contributed by atoms with Crippen molar-refractivity contribution in [2.45, 2.75) is 20.0 Å². The van der Waals surface area contributed by atoms with Crippen molar-refractivity contribution in [2.24, 2.45) is 0 Å². The van der Waals surface area contributed by atoms with Crippen LogP contribution in [0.3, 0.4) is 0 Å². The van der Waals surface area contributed by atoms with Gasteiger partial charge in [-0.3, -0.25) is 0 Å². The van der Waals surface area contributed by atoms with Crippen molar-refractivity contribution in [3.63, 3.8) is 0 Å². The highest BCUT2D eigenvalue weighted by molar-refractivity contribution is 5.30. The van der Waals surface area contributed by atoms with E-state index in [2.05, 4.69) is 18.7 Å². The number of hydrogen-bond acceptors (Lipinski definition) is 2. The Balaban J connectivity index is 2.14. The van der Waals surface area contributed by atoms with E-state index in [1.54, 1.807) is 24.3 Å². The van der Waals surface area contributed by atoms with E-state index in [4.69, 9.17) is 4.74 Å². The minimum absolute atomic E-state index is 0.283. The lowest BCUT2D eigenvalue weighted by Gasteiger charge is -2.22. The number of rotatable bonds is 8. The van der Waals surface area contributed by atoms with Crippen molar-refractivity contribution in [2.75, 3.05) is 26.2 Å². The van der Waals surface area contributed by atoms with Gasteiger partial charge in [0, 0.05) is 6.54 Å². The molecule has 4 heteroatoms. The zero-order valence-corrected chi connectivity index (χ0v) is 13.6. The molecule has 0 saturated heterocycles. The molecule has 0 N–H and O–H groups in total. The predicted octanol–water partition coefficient (Wildman–Crippen LogP) is 4.41. The van der Waals surface area contributed by atoms with Gasteiger partial charge >= 0.3 is 0 Å². The van der Waals surface area contributed by atoms with Crippen LogP contribution in [0.2, 0.25) is 0 Å². The fourth-order valence-electron chi connectivity index (χ4n) is 2.50. The van der Waals surface area contributed by atoms with Gasteiger partial charge in [-0.2, -0.15) is 0 Å². The lowest BCUT2D eigenvalue weighted by molar-refractivity contribution is 0.0618. The molecule has 0 aliphatic heterocycles. The number of likely N-dealkylation sites (N-methyl/N-ethyl adjacent to an activating group) is 1. The SMILES string of the molecule is CCN(CC)CCOC(c1ccc(F)cc1)c1ccc(F)cc1. The summed E-state index contributed by atoms with van der Waals surface area (Å²) in [6.07, 6.45) is -0.327. The summed E-state index contributed by atoms with van der Waals surface area (Å²) in [7, 11) is 0. The average molecular weight is 319 g/mol. The van der Waals surface area contributed by atoms with E-state index in [0.717, 1.165) is 30.8 Å². The highest BCUT2D eigenvalue weighted by Gasteiger charge is 2.15. The molecule has 0 aliphatic rings. The second-order valence-corrected chi connectivity index (χ2v) is 5.38. The summed E-state index contributed by atoms with van der Waals surface area (Å²) in [5.74, 6) is -0.565. The molecule has 0 saturated carbocycles. The molecule has 2 nitrogen and oxygen atoms in total. The van der Waals surface area contributed by atoms with Gasteiger partial charge in [0.25, 0.3) is 0 Å². The van der Waals surface area contributed by atoms with Crippen LogP contribution in [0.4, 0.5) is 8.78 Å². The van der Waals surface area contributed by atoms with Crippen molar-refractivity contribution in [1.82, 2.24) is 4.90 Å². The molecule has 0 atom stereocenters. The van der Waals surface area contributed by atoms with E-state index in [0.29, 0.717) is 6.61 Å². The largest absolute Gasteiger partial charge is 0.367 e. The molecule has 0 aliphatic carbocycles. The average Bonchev–Trinajstić information content (AvgIpc) is 2.57. The molecule has 0 heterocycles. The van der Waals surface area contributed by atoms with Crippen LogP contribution < -0.4 is 0 Å². The molecule has 0 radical (unpaired) electrons. The zero-order valence-electron chi connectivity index (χ0n) is 13.6. The summed E-state index contributed by atoms with van der Waals surface area (Å²) in [5.41, 5.74) is 1.72. The molecule has 0 spiro atoms. The summed E-state index contributed by atoms with van der Waals surface area (Å²) in [6, 6.07) is 12.5. The molecule has 0 aromatic heterocycles. The van der Waals surface area contributed by atoms with E-state index in [1.807, 2.05) is 0 Å². The van der Waals surface area contributed by atoms with Crippen molar-refractivity contribution in [3.05, 3.63) is 71.3 Å². The van der Waals surface area contributed by atoms with Gasteiger partial charge in [-0.1, -0.05) is 38.1 Å². The van der Waals surface area contributed by atoms with Gasteiger partial charge in [-0.25, -0.2) is 8.78 Å². The summed E-state index contributed by atoms with van der Waals surface area (Å²) in [6.45, 7) is 7.55. The van der Waals surface area contributed by atoms with Crippen molar-refractivity contribution >= 4 is 0 Å². The third-order valence-corrected chi connectivity index (χ3v) is 3.93. The topological polar surface area (TPSA) is 12.5 Å². The van der Waals surface area contributed by atoms with Crippen LogP contribution in [0.25, 0.3) is 0 Å². The van der Waals surface area contributed by atoms with Gasteiger partial charge < -0.3 is 9.64 Å². The molecule has 0 bridgehead atoms. The summed E-state index contributed by atoms with van der Waals surface area (Å²) in [5, 5.41) is 0. The third-order valence-electron chi connectivity index (χ3n) is 3.93. The molecule has 124 valence electrons. The van der Waals surface area contributed by atoms with Crippen molar-refractivity contribution in [1.29, 1.82) is 0 Å². The third kappa shape index (κ3) is 5.12. The van der Waals surface area contributed by atoms with Crippen LogP contribution in [-0.2, 0) is 4.74 Å². The molecule has 2 aromatic rings. The minimum atomic E-state index is -0.327. The van der Waals surface area contributed by atoms with Crippen LogP contribution >= 0.6 is 0 Å². The lowest BCUT2D eigenvalue weighted by Crippen LogP contribution is -2.27. The highest BCUT2D eigenvalue weighted by atomic mass is 19.1. The van der Waals surface area contributed by atoms with E-state index in [9.17, 15) is 8.78 Å². The summed E-state index contributed by atoms with van der Waals surface area (Å²) in [4.78, 5) is 2.27. The van der Waals surface area contributed by atoms with Crippen LogP contribution in [0.5, 0.6) is 0 Å². The summed E-state index contributed by atoms with van der Waals surface area (Å²) < 4.78 is 32.4. The number of hydrogen-bond donors (Lipinski definition) is 0. The monoisotopic (exact) mass is 319 g/mol. The molecule has 23 heavy (non-hydrogen) atoms. The highest BCUT2D eigenvalue weighted by Crippen LogP contribution is 2.26. The van der Waals surface area contributed by atoms with Crippen LogP contribution in [0.1, 0.15) is 31.1 Å². The van der Waals surface area contributed by atoms with Crippen LogP contribution in [0.15, 0.2) is 48.5 Å². The maximum atomic E-state index is 13.2. The molecular formula is C19H23F2NO. The maximum absolute atomic E-state index is 13.2. The number of ether oxygens (including phenoxy) is 1. The smallest absolute Gasteiger partial charge is 0.123 e. The molecule has 2 aromatic carbocycles. The fraction of sp³-hybridized carbons (Fsp3) is 0.368. The zero-order chi connectivity index (χ0) is 16.7. The Labute approximate surface area is 136 Å². The van der Waals surface area contributed by atoms with Crippen molar-refractivity contribution in [3.8, 4) is 0 Å². The van der Waals surface area contributed by atoms with Gasteiger partial charge in [-0.15, -0.1) is 0 Å². The Morgan fingerprint density at radius 1 is 0.826 bits per heavy atom. The molecule has 2 rings (SSSR count). The first kappa shape index (κ1) is 17.6. The van der Waals surface area contributed by atoms with E-state index in [1.165, 1.54) is 24.3 Å². The first-order valence-corrected chi connectivity index (χ1v) is 7.99. The van der Waals surface area contributed by atoms with Gasteiger partial charge in [0.05, 0.1) is 6.61 Å².